The maximum atomic E-state index is 11.7. The van der Waals surface area contributed by atoms with Crippen LogP contribution in [0, 0.1) is 0 Å². The summed E-state index contributed by atoms with van der Waals surface area (Å²) in [4.78, 5) is 11.7. The van der Waals surface area contributed by atoms with Crippen molar-refractivity contribution in [2.24, 2.45) is 0 Å². The zero-order valence-electron chi connectivity index (χ0n) is 10.6. The van der Waals surface area contributed by atoms with Crippen molar-refractivity contribution in [2.45, 2.75) is 31.7 Å². The molecule has 0 aromatic heterocycles. The van der Waals surface area contributed by atoms with Gasteiger partial charge in [-0.05, 0) is 25.0 Å². The highest BCUT2D eigenvalue weighted by Gasteiger charge is 2.17. The summed E-state index contributed by atoms with van der Waals surface area (Å²) in [6, 6.07) is 7.59. The Labute approximate surface area is 107 Å². The lowest BCUT2D eigenvalue weighted by Gasteiger charge is -2.12. The molecule has 0 heterocycles. The van der Waals surface area contributed by atoms with Gasteiger partial charge in [0.2, 0.25) is 0 Å². The molecule has 1 saturated carbocycles. The zero-order chi connectivity index (χ0) is 12.8. The first-order chi connectivity index (χ1) is 8.78. The predicted octanol–water partition coefficient (Wildman–Crippen LogP) is 2.13. The second-order valence-corrected chi connectivity index (χ2v) is 4.52. The van der Waals surface area contributed by atoms with Gasteiger partial charge in [0, 0.05) is 12.1 Å². The molecular formula is C14H19NO3. The Balaban J connectivity index is 1.77. The molecule has 0 spiro atoms. The molecule has 2 rings (SSSR count). The van der Waals surface area contributed by atoms with Gasteiger partial charge in [-0.3, -0.25) is 4.79 Å². The number of hydrogen-bond acceptors (Lipinski definition) is 3. The number of methoxy groups -OCH3 is 1. The van der Waals surface area contributed by atoms with Gasteiger partial charge in [-0.25, -0.2) is 0 Å². The second kappa shape index (κ2) is 6.28. The Morgan fingerprint density at radius 3 is 2.78 bits per heavy atom. The third-order valence-electron chi connectivity index (χ3n) is 3.13. The first-order valence-corrected chi connectivity index (χ1v) is 6.34. The molecule has 4 heteroatoms. The molecule has 0 aliphatic heterocycles. The van der Waals surface area contributed by atoms with Crippen molar-refractivity contribution in [3.63, 3.8) is 0 Å². The van der Waals surface area contributed by atoms with E-state index < -0.39 is 0 Å². The van der Waals surface area contributed by atoms with Crippen LogP contribution in [0.4, 0.5) is 0 Å². The van der Waals surface area contributed by atoms with E-state index in [-0.39, 0.29) is 12.5 Å². The van der Waals surface area contributed by atoms with Gasteiger partial charge in [-0.1, -0.05) is 18.9 Å². The lowest BCUT2D eigenvalue weighted by Crippen LogP contribution is -2.36. The molecule has 4 nitrogen and oxygen atoms in total. The van der Waals surface area contributed by atoms with E-state index in [1.54, 1.807) is 13.2 Å². The van der Waals surface area contributed by atoms with Gasteiger partial charge in [-0.15, -0.1) is 0 Å². The first kappa shape index (κ1) is 12.7. The van der Waals surface area contributed by atoms with Crippen LogP contribution < -0.4 is 14.8 Å². The van der Waals surface area contributed by atoms with E-state index in [0.717, 1.165) is 18.6 Å². The molecule has 0 radical (unpaired) electrons. The highest BCUT2D eigenvalue weighted by atomic mass is 16.5. The minimum atomic E-state index is -0.0512. The average Bonchev–Trinajstić information content (AvgIpc) is 2.89. The van der Waals surface area contributed by atoms with Crippen molar-refractivity contribution >= 4 is 5.91 Å². The molecule has 1 N–H and O–H groups in total. The third kappa shape index (κ3) is 3.65. The molecule has 1 aromatic rings. The molecule has 98 valence electrons. The lowest BCUT2D eigenvalue weighted by atomic mass is 10.2. The minimum absolute atomic E-state index is 0.0512. The van der Waals surface area contributed by atoms with Crippen LogP contribution in [0.2, 0.25) is 0 Å². The third-order valence-corrected chi connectivity index (χ3v) is 3.13. The molecule has 1 aliphatic carbocycles. The summed E-state index contributed by atoms with van der Waals surface area (Å²) in [5, 5.41) is 2.98. The van der Waals surface area contributed by atoms with Gasteiger partial charge < -0.3 is 14.8 Å². The van der Waals surface area contributed by atoms with Gasteiger partial charge >= 0.3 is 0 Å². The maximum Gasteiger partial charge on any atom is 0.258 e. The van der Waals surface area contributed by atoms with Crippen LogP contribution in [0.1, 0.15) is 25.7 Å². The zero-order valence-corrected chi connectivity index (χ0v) is 10.6. The molecule has 1 aromatic carbocycles. The number of hydrogen-bond donors (Lipinski definition) is 1. The monoisotopic (exact) mass is 249 g/mol. The number of carbonyl (C=O) groups excluding carboxylic acids is 1. The van der Waals surface area contributed by atoms with E-state index in [9.17, 15) is 4.79 Å². The van der Waals surface area contributed by atoms with Crippen LogP contribution in [0.25, 0.3) is 0 Å². The molecule has 1 fully saturated rings. The van der Waals surface area contributed by atoms with E-state index >= 15 is 0 Å². The predicted molar refractivity (Wildman–Crippen MR) is 68.9 cm³/mol. The van der Waals surface area contributed by atoms with Gasteiger partial charge in [-0.2, -0.15) is 0 Å². The summed E-state index contributed by atoms with van der Waals surface area (Å²) in [7, 11) is 1.60. The Kier molecular flexibility index (Phi) is 4.45. The molecule has 1 aliphatic rings. The standard InChI is InChI=1S/C14H19NO3/c1-17-12-7-4-8-13(9-12)18-10-14(16)15-11-5-2-3-6-11/h4,7-9,11H,2-3,5-6,10H2,1H3,(H,15,16). The number of ether oxygens (including phenoxy) is 2. The van der Waals surface area contributed by atoms with Gasteiger partial charge in [0.15, 0.2) is 6.61 Å². The summed E-state index contributed by atoms with van der Waals surface area (Å²) in [5.74, 6) is 1.32. The normalized spacial score (nSPS) is 15.4. The minimum Gasteiger partial charge on any atom is -0.497 e. The largest absolute Gasteiger partial charge is 0.497 e. The Bertz CT molecular complexity index is 400. The summed E-state index contributed by atoms with van der Waals surface area (Å²) in [6.07, 6.45) is 4.60. The summed E-state index contributed by atoms with van der Waals surface area (Å²) in [6.45, 7) is 0.0592. The smallest absolute Gasteiger partial charge is 0.258 e. The van der Waals surface area contributed by atoms with Crippen molar-refractivity contribution in [3.8, 4) is 11.5 Å². The second-order valence-electron chi connectivity index (χ2n) is 4.52. The van der Waals surface area contributed by atoms with E-state index in [2.05, 4.69) is 5.32 Å². The van der Waals surface area contributed by atoms with E-state index in [1.165, 1.54) is 12.8 Å². The Morgan fingerprint density at radius 2 is 2.06 bits per heavy atom. The summed E-state index contributed by atoms with van der Waals surface area (Å²) < 4.78 is 10.5. The van der Waals surface area contributed by atoms with Crippen LogP contribution in [0.15, 0.2) is 24.3 Å². The first-order valence-electron chi connectivity index (χ1n) is 6.34. The van der Waals surface area contributed by atoms with Crippen molar-refractivity contribution in [2.75, 3.05) is 13.7 Å². The fourth-order valence-electron chi connectivity index (χ4n) is 2.18. The average molecular weight is 249 g/mol. The van der Waals surface area contributed by atoms with E-state index in [0.29, 0.717) is 11.8 Å². The van der Waals surface area contributed by atoms with Crippen LogP contribution in [0.3, 0.4) is 0 Å². The fourth-order valence-corrected chi connectivity index (χ4v) is 2.18. The Morgan fingerprint density at radius 1 is 1.33 bits per heavy atom. The van der Waals surface area contributed by atoms with E-state index in [4.69, 9.17) is 9.47 Å². The summed E-state index contributed by atoms with van der Waals surface area (Å²) >= 11 is 0. The lowest BCUT2D eigenvalue weighted by molar-refractivity contribution is -0.123. The number of rotatable bonds is 5. The SMILES string of the molecule is COc1cccc(OCC(=O)NC2CCCC2)c1. The van der Waals surface area contributed by atoms with Crippen molar-refractivity contribution in [1.29, 1.82) is 0 Å². The van der Waals surface area contributed by atoms with Gasteiger partial charge in [0.25, 0.3) is 5.91 Å². The van der Waals surface area contributed by atoms with Crippen molar-refractivity contribution in [1.82, 2.24) is 5.32 Å². The van der Waals surface area contributed by atoms with Gasteiger partial charge in [0.05, 0.1) is 7.11 Å². The quantitative estimate of drug-likeness (QED) is 0.869. The van der Waals surface area contributed by atoms with Gasteiger partial charge in [0.1, 0.15) is 11.5 Å². The van der Waals surface area contributed by atoms with Crippen LogP contribution in [0.5, 0.6) is 11.5 Å². The molecule has 0 atom stereocenters. The highest BCUT2D eigenvalue weighted by molar-refractivity contribution is 5.77. The molecule has 0 saturated heterocycles. The Hall–Kier alpha value is -1.71. The topological polar surface area (TPSA) is 47.6 Å². The molecule has 0 unspecified atom stereocenters. The van der Waals surface area contributed by atoms with Crippen molar-refractivity contribution < 1.29 is 14.3 Å². The highest BCUT2D eigenvalue weighted by Crippen LogP contribution is 2.19. The maximum absolute atomic E-state index is 11.7. The van der Waals surface area contributed by atoms with E-state index in [1.807, 2.05) is 18.2 Å². The fraction of sp³-hybridized carbons (Fsp3) is 0.500. The number of amides is 1. The van der Waals surface area contributed by atoms with Crippen molar-refractivity contribution in [3.05, 3.63) is 24.3 Å². The molecule has 0 bridgehead atoms. The molecular weight excluding hydrogens is 230 g/mol. The van der Waals surface area contributed by atoms with Crippen LogP contribution in [-0.4, -0.2) is 25.7 Å². The van der Waals surface area contributed by atoms with Crippen LogP contribution >= 0.6 is 0 Å². The number of nitrogens with one attached hydrogen (secondary N) is 1. The number of carbonyl (C=O) groups is 1. The molecule has 18 heavy (non-hydrogen) atoms. The molecule has 1 amide bonds. The number of benzene rings is 1. The van der Waals surface area contributed by atoms with Crippen LogP contribution in [-0.2, 0) is 4.79 Å². The summed E-state index contributed by atoms with van der Waals surface area (Å²) in [5.41, 5.74) is 0.